The fourth-order valence-electron chi connectivity index (χ4n) is 2.39. The Morgan fingerprint density at radius 3 is 2.35 bits per heavy atom. The number of nitrogens with one attached hydrogen (secondary N) is 1. The summed E-state index contributed by atoms with van der Waals surface area (Å²) in [5.74, 6) is 5.43. The molecule has 2 nitrogen and oxygen atoms in total. The fourth-order valence-corrected chi connectivity index (χ4v) is 2.81. The molecule has 1 atom stereocenters. The van der Waals surface area contributed by atoms with Gasteiger partial charge < -0.3 is 0 Å². The minimum Gasteiger partial charge on any atom is -0.271 e. The van der Waals surface area contributed by atoms with Gasteiger partial charge in [0.25, 0.3) is 0 Å². The first-order chi connectivity index (χ1) is 9.49. The molecule has 0 aliphatic rings. The number of benzene rings is 2. The summed E-state index contributed by atoms with van der Waals surface area (Å²) in [5, 5.41) is 0. The number of hydrazine groups is 1. The van der Waals surface area contributed by atoms with Gasteiger partial charge in [-0.05, 0) is 59.5 Å². The van der Waals surface area contributed by atoms with E-state index in [4.69, 9.17) is 5.84 Å². The normalized spacial score (nSPS) is 12.4. The molecule has 0 fully saturated rings. The Balaban J connectivity index is 2.26. The number of hydrogen-bond acceptors (Lipinski definition) is 2. The van der Waals surface area contributed by atoms with E-state index in [1.165, 1.54) is 17.2 Å². The molecular formula is C16H18BrFN2. The minimum absolute atomic E-state index is 0.00552. The molecule has 0 saturated carbocycles. The Morgan fingerprint density at radius 2 is 1.80 bits per heavy atom. The van der Waals surface area contributed by atoms with E-state index in [2.05, 4.69) is 53.4 Å². The van der Waals surface area contributed by atoms with E-state index < -0.39 is 0 Å². The van der Waals surface area contributed by atoms with Gasteiger partial charge in [-0.1, -0.05) is 35.4 Å². The SMILES string of the molecule is Cc1cc(C)cc(C(Cc2ccc(F)c(Br)c2)NN)c1. The average Bonchev–Trinajstić information content (AvgIpc) is 2.38. The minimum atomic E-state index is -0.252. The zero-order valence-electron chi connectivity index (χ0n) is 11.6. The second-order valence-electron chi connectivity index (χ2n) is 5.09. The Kier molecular flexibility index (Phi) is 4.91. The Bertz CT molecular complexity index is 593. The molecule has 0 aliphatic carbocycles. The van der Waals surface area contributed by atoms with Gasteiger partial charge in [0.1, 0.15) is 5.82 Å². The topological polar surface area (TPSA) is 38.0 Å². The van der Waals surface area contributed by atoms with Crippen LogP contribution in [-0.2, 0) is 6.42 Å². The highest BCUT2D eigenvalue weighted by Gasteiger charge is 2.12. The van der Waals surface area contributed by atoms with Gasteiger partial charge in [0.05, 0.1) is 4.47 Å². The lowest BCUT2D eigenvalue weighted by Gasteiger charge is -2.18. The van der Waals surface area contributed by atoms with Gasteiger partial charge in [0.15, 0.2) is 0 Å². The van der Waals surface area contributed by atoms with Crippen LogP contribution in [0.25, 0.3) is 0 Å². The van der Waals surface area contributed by atoms with Crippen molar-refractivity contribution in [2.24, 2.45) is 5.84 Å². The van der Waals surface area contributed by atoms with Crippen LogP contribution in [0.1, 0.15) is 28.3 Å². The first kappa shape index (κ1) is 15.2. The monoisotopic (exact) mass is 336 g/mol. The second-order valence-corrected chi connectivity index (χ2v) is 5.95. The highest BCUT2D eigenvalue weighted by molar-refractivity contribution is 9.10. The van der Waals surface area contributed by atoms with Crippen LogP contribution in [0.3, 0.4) is 0 Å². The third-order valence-electron chi connectivity index (χ3n) is 3.27. The average molecular weight is 337 g/mol. The maximum atomic E-state index is 13.3. The lowest BCUT2D eigenvalue weighted by Crippen LogP contribution is -2.29. The Labute approximate surface area is 127 Å². The molecule has 1 unspecified atom stereocenters. The number of nitrogens with two attached hydrogens (primary N) is 1. The molecule has 0 aromatic heterocycles. The van der Waals surface area contributed by atoms with E-state index in [0.29, 0.717) is 10.9 Å². The van der Waals surface area contributed by atoms with E-state index in [-0.39, 0.29) is 11.9 Å². The van der Waals surface area contributed by atoms with Gasteiger partial charge in [-0.3, -0.25) is 11.3 Å². The van der Waals surface area contributed by atoms with Crippen LogP contribution in [0.2, 0.25) is 0 Å². The van der Waals surface area contributed by atoms with E-state index in [1.54, 1.807) is 12.1 Å². The van der Waals surface area contributed by atoms with Gasteiger partial charge in [-0.2, -0.15) is 0 Å². The van der Waals surface area contributed by atoms with Gasteiger partial charge in [0.2, 0.25) is 0 Å². The van der Waals surface area contributed by atoms with Gasteiger partial charge >= 0.3 is 0 Å². The largest absolute Gasteiger partial charge is 0.271 e. The van der Waals surface area contributed by atoms with Crippen LogP contribution in [0.15, 0.2) is 40.9 Å². The van der Waals surface area contributed by atoms with E-state index in [1.807, 2.05) is 0 Å². The molecule has 2 aromatic carbocycles. The van der Waals surface area contributed by atoms with Crippen molar-refractivity contribution in [1.29, 1.82) is 0 Å². The van der Waals surface area contributed by atoms with Crippen LogP contribution in [0, 0.1) is 19.7 Å². The summed E-state index contributed by atoms with van der Waals surface area (Å²) < 4.78 is 13.7. The number of aryl methyl sites for hydroxylation is 2. The molecule has 2 aromatic rings. The smallest absolute Gasteiger partial charge is 0.137 e. The highest BCUT2D eigenvalue weighted by atomic mass is 79.9. The summed E-state index contributed by atoms with van der Waals surface area (Å²) in [6.45, 7) is 4.14. The first-order valence-corrected chi connectivity index (χ1v) is 7.27. The predicted molar refractivity (Wildman–Crippen MR) is 83.8 cm³/mol. The van der Waals surface area contributed by atoms with Crippen molar-refractivity contribution in [3.8, 4) is 0 Å². The standard InChI is InChI=1S/C16H18BrFN2/c1-10-5-11(2)7-13(6-10)16(20-19)9-12-3-4-15(18)14(17)8-12/h3-8,16,20H,9,19H2,1-2H3. The summed E-state index contributed by atoms with van der Waals surface area (Å²) in [6, 6.07) is 11.4. The van der Waals surface area contributed by atoms with Gasteiger partial charge in [-0.25, -0.2) is 4.39 Å². The molecular weight excluding hydrogens is 319 g/mol. The summed E-state index contributed by atoms with van der Waals surface area (Å²) in [5.41, 5.74) is 7.44. The van der Waals surface area contributed by atoms with Crippen LogP contribution in [0.4, 0.5) is 4.39 Å². The molecule has 20 heavy (non-hydrogen) atoms. The lowest BCUT2D eigenvalue weighted by atomic mass is 9.96. The third kappa shape index (κ3) is 3.66. The second kappa shape index (κ2) is 6.48. The van der Waals surface area contributed by atoms with Crippen LogP contribution in [-0.4, -0.2) is 0 Å². The molecule has 0 saturated heterocycles. The fraction of sp³-hybridized carbons (Fsp3) is 0.250. The molecule has 0 bridgehead atoms. The van der Waals surface area contributed by atoms with E-state index >= 15 is 0 Å². The summed E-state index contributed by atoms with van der Waals surface area (Å²) in [4.78, 5) is 0. The van der Waals surface area contributed by atoms with Crippen molar-refractivity contribution in [2.45, 2.75) is 26.3 Å². The molecule has 0 radical (unpaired) electrons. The van der Waals surface area contributed by atoms with Crippen molar-refractivity contribution >= 4 is 15.9 Å². The zero-order valence-corrected chi connectivity index (χ0v) is 13.2. The summed E-state index contributed by atoms with van der Waals surface area (Å²) in [7, 11) is 0. The number of hydrogen-bond donors (Lipinski definition) is 2. The highest BCUT2D eigenvalue weighted by Crippen LogP contribution is 2.23. The molecule has 0 heterocycles. The summed E-state index contributed by atoms with van der Waals surface area (Å²) in [6.07, 6.45) is 0.707. The lowest BCUT2D eigenvalue weighted by molar-refractivity contribution is 0.550. The number of rotatable bonds is 4. The zero-order chi connectivity index (χ0) is 14.7. The summed E-state index contributed by atoms with van der Waals surface area (Å²) >= 11 is 3.21. The van der Waals surface area contributed by atoms with Crippen molar-refractivity contribution < 1.29 is 4.39 Å². The molecule has 106 valence electrons. The maximum absolute atomic E-state index is 13.3. The van der Waals surface area contributed by atoms with Crippen molar-refractivity contribution in [3.63, 3.8) is 0 Å². The molecule has 2 rings (SSSR count). The van der Waals surface area contributed by atoms with Crippen LogP contribution in [0.5, 0.6) is 0 Å². The molecule has 3 N–H and O–H groups in total. The molecule has 0 aliphatic heterocycles. The number of halogens is 2. The van der Waals surface area contributed by atoms with E-state index in [9.17, 15) is 4.39 Å². The van der Waals surface area contributed by atoms with Crippen LogP contribution >= 0.6 is 15.9 Å². The predicted octanol–water partition coefficient (Wildman–Crippen LogP) is 3.95. The van der Waals surface area contributed by atoms with Crippen molar-refractivity contribution in [3.05, 3.63) is 68.9 Å². The van der Waals surface area contributed by atoms with Crippen LogP contribution < -0.4 is 11.3 Å². The Hall–Kier alpha value is -1.23. The molecule has 0 amide bonds. The quantitative estimate of drug-likeness (QED) is 0.655. The molecule has 4 heteroatoms. The third-order valence-corrected chi connectivity index (χ3v) is 3.88. The van der Waals surface area contributed by atoms with E-state index in [0.717, 1.165) is 11.1 Å². The van der Waals surface area contributed by atoms with Gasteiger partial charge in [0, 0.05) is 6.04 Å². The van der Waals surface area contributed by atoms with Crippen molar-refractivity contribution in [1.82, 2.24) is 5.43 Å². The first-order valence-electron chi connectivity index (χ1n) is 6.48. The van der Waals surface area contributed by atoms with Crippen molar-refractivity contribution in [2.75, 3.05) is 0 Å². The molecule has 0 spiro atoms. The van der Waals surface area contributed by atoms with Gasteiger partial charge in [-0.15, -0.1) is 0 Å². The maximum Gasteiger partial charge on any atom is 0.137 e. The Morgan fingerprint density at radius 1 is 1.15 bits per heavy atom.